The van der Waals surface area contributed by atoms with Crippen LogP contribution in [0.15, 0.2) is 30.3 Å². The molecule has 0 aromatic heterocycles. The molecule has 6 heteroatoms. The Kier molecular flexibility index (Phi) is 5.32. The summed E-state index contributed by atoms with van der Waals surface area (Å²) in [6, 6.07) is 7.96. The predicted molar refractivity (Wildman–Crippen MR) is 93.1 cm³/mol. The lowest BCUT2D eigenvalue weighted by Gasteiger charge is -2.11. The SMILES string of the molecule is Cc1cc(C)c(C(=O)COC(=O)c2cccc([N+](=O)[O-])c2C)c(C)c1. The van der Waals surface area contributed by atoms with Crippen LogP contribution in [0, 0.1) is 37.8 Å². The molecule has 130 valence electrons. The first-order chi connectivity index (χ1) is 11.7. The van der Waals surface area contributed by atoms with Crippen LogP contribution in [-0.4, -0.2) is 23.3 Å². The summed E-state index contributed by atoms with van der Waals surface area (Å²) in [6.07, 6.45) is 0. The number of nitro groups is 1. The molecule has 0 N–H and O–H groups in total. The maximum Gasteiger partial charge on any atom is 0.339 e. The first kappa shape index (κ1) is 18.3. The molecule has 0 aliphatic heterocycles. The van der Waals surface area contributed by atoms with Crippen LogP contribution >= 0.6 is 0 Å². The normalized spacial score (nSPS) is 10.4. The van der Waals surface area contributed by atoms with Gasteiger partial charge in [0, 0.05) is 17.2 Å². The number of carbonyl (C=O) groups excluding carboxylic acids is 2. The van der Waals surface area contributed by atoms with Crippen LogP contribution in [-0.2, 0) is 4.74 Å². The van der Waals surface area contributed by atoms with Gasteiger partial charge in [0.25, 0.3) is 5.69 Å². The van der Waals surface area contributed by atoms with E-state index in [1.807, 2.05) is 32.9 Å². The third kappa shape index (κ3) is 3.91. The van der Waals surface area contributed by atoms with Gasteiger partial charge in [0.2, 0.25) is 5.78 Å². The first-order valence-corrected chi connectivity index (χ1v) is 7.74. The lowest BCUT2D eigenvalue weighted by Crippen LogP contribution is -2.17. The summed E-state index contributed by atoms with van der Waals surface area (Å²) in [5.41, 5.74) is 3.37. The lowest BCUT2D eigenvalue weighted by molar-refractivity contribution is -0.385. The Bertz CT molecular complexity index is 847. The summed E-state index contributed by atoms with van der Waals surface area (Å²) < 4.78 is 5.09. The van der Waals surface area contributed by atoms with Gasteiger partial charge in [0.05, 0.1) is 10.5 Å². The standard InChI is InChI=1S/C19H19NO5/c1-11-8-12(2)18(13(3)9-11)17(21)10-25-19(22)15-6-5-7-16(14(15)4)20(23)24/h5-9H,10H2,1-4H3. The number of nitro benzene ring substituents is 1. The van der Waals surface area contributed by atoms with Gasteiger partial charge in [-0.1, -0.05) is 23.8 Å². The van der Waals surface area contributed by atoms with E-state index in [2.05, 4.69) is 0 Å². The molecule has 6 nitrogen and oxygen atoms in total. The Morgan fingerprint density at radius 1 is 1.08 bits per heavy atom. The molecule has 0 fully saturated rings. The topological polar surface area (TPSA) is 86.5 Å². The van der Waals surface area contributed by atoms with Crippen LogP contribution in [0.4, 0.5) is 5.69 Å². The molecule has 2 aromatic rings. The minimum Gasteiger partial charge on any atom is -0.454 e. The van der Waals surface area contributed by atoms with E-state index in [4.69, 9.17) is 4.74 Å². The van der Waals surface area contributed by atoms with Gasteiger partial charge in [-0.3, -0.25) is 14.9 Å². The van der Waals surface area contributed by atoms with E-state index >= 15 is 0 Å². The van der Waals surface area contributed by atoms with Gasteiger partial charge in [-0.05, 0) is 44.9 Å². The third-order valence-corrected chi connectivity index (χ3v) is 4.01. The monoisotopic (exact) mass is 341 g/mol. The van der Waals surface area contributed by atoms with Crippen LogP contribution in [0.2, 0.25) is 0 Å². The zero-order valence-corrected chi connectivity index (χ0v) is 14.6. The largest absolute Gasteiger partial charge is 0.454 e. The smallest absolute Gasteiger partial charge is 0.339 e. The van der Waals surface area contributed by atoms with E-state index in [9.17, 15) is 19.7 Å². The van der Waals surface area contributed by atoms with Crippen molar-refractivity contribution in [2.24, 2.45) is 0 Å². The van der Waals surface area contributed by atoms with Crippen molar-refractivity contribution in [1.82, 2.24) is 0 Å². The molecule has 0 spiro atoms. The van der Waals surface area contributed by atoms with Crippen molar-refractivity contribution in [1.29, 1.82) is 0 Å². The molecule has 0 atom stereocenters. The number of esters is 1. The highest BCUT2D eigenvalue weighted by molar-refractivity contribution is 6.01. The van der Waals surface area contributed by atoms with Crippen LogP contribution in [0.5, 0.6) is 0 Å². The van der Waals surface area contributed by atoms with Crippen molar-refractivity contribution in [3.05, 3.63) is 73.8 Å². The second kappa shape index (κ2) is 7.25. The van der Waals surface area contributed by atoms with E-state index in [1.165, 1.54) is 25.1 Å². The quantitative estimate of drug-likeness (QED) is 0.357. The Hall–Kier alpha value is -3.02. The van der Waals surface area contributed by atoms with Crippen molar-refractivity contribution in [3.63, 3.8) is 0 Å². The number of rotatable bonds is 5. The molecule has 0 radical (unpaired) electrons. The summed E-state index contributed by atoms with van der Waals surface area (Å²) in [5, 5.41) is 10.9. The number of carbonyl (C=O) groups is 2. The Labute approximate surface area is 145 Å². The molecule has 2 rings (SSSR count). The van der Waals surface area contributed by atoms with Crippen LogP contribution in [0.25, 0.3) is 0 Å². The molecule has 0 saturated carbocycles. The highest BCUT2D eigenvalue weighted by Gasteiger charge is 2.21. The number of benzene rings is 2. The molecule has 2 aromatic carbocycles. The zero-order valence-electron chi connectivity index (χ0n) is 14.6. The number of aryl methyl sites for hydroxylation is 3. The molecule has 0 amide bonds. The fraction of sp³-hybridized carbons (Fsp3) is 0.263. The van der Waals surface area contributed by atoms with Gasteiger partial charge in [-0.25, -0.2) is 4.79 Å². The van der Waals surface area contributed by atoms with E-state index in [0.29, 0.717) is 5.56 Å². The van der Waals surface area contributed by atoms with E-state index in [0.717, 1.165) is 16.7 Å². The molecular weight excluding hydrogens is 322 g/mol. The number of hydrogen-bond acceptors (Lipinski definition) is 5. The molecule has 0 aliphatic rings. The average Bonchev–Trinajstić information content (AvgIpc) is 2.51. The molecule has 0 aliphatic carbocycles. The maximum atomic E-state index is 12.4. The van der Waals surface area contributed by atoms with Gasteiger partial charge in [-0.15, -0.1) is 0 Å². The van der Waals surface area contributed by atoms with Crippen LogP contribution < -0.4 is 0 Å². The molecule has 0 heterocycles. The Morgan fingerprint density at radius 2 is 1.68 bits per heavy atom. The van der Waals surface area contributed by atoms with Gasteiger partial charge in [0.15, 0.2) is 6.61 Å². The first-order valence-electron chi connectivity index (χ1n) is 7.74. The summed E-state index contributed by atoms with van der Waals surface area (Å²) in [7, 11) is 0. The maximum absolute atomic E-state index is 12.4. The predicted octanol–water partition coefficient (Wildman–Crippen LogP) is 3.87. The van der Waals surface area contributed by atoms with Crippen LogP contribution in [0.1, 0.15) is 43.0 Å². The van der Waals surface area contributed by atoms with Crippen molar-refractivity contribution < 1.29 is 19.2 Å². The highest BCUT2D eigenvalue weighted by atomic mass is 16.6. The van der Waals surface area contributed by atoms with Crippen molar-refractivity contribution in [3.8, 4) is 0 Å². The fourth-order valence-corrected chi connectivity index (χ4v) is 2.94. The summed E-state index contributed by atoms with van der Waals surface area (Å²) in [5.74, 6) is -1.05. The van der Waals surface area contributed by atoms with Gasteiger partial charge >= 0.3 is 5.97 Å². The molecule has 0 unspecified atom stereocenters. The summed E-state index contributed by atoms with van der Waals surface area (Å²) in [4.78, 5) is 35.0. The second-order valence-corrected chi connectivity index (χ2v) is 5.98. The Balaban J connectivity index is 2.17. The zero-order chi connectivity index (χ0) is 18.7. The van der Waals surface area contributed by atoms with E-state index < -0.39 is 17.5 Å². The van der Waals surface area contributed by atoms with Crippen LogP contribution in [0.3, 0.4) is 0 Å². The highest BCUT2D eigenvalue weighted by Crippen LogP contribution is 2.22. The number of nitrogens with zero attached hydrogens (tertiary/aromatic N) is 1. The van der Waals surface area contributed by atoms with Gasteiger partial charge in [0.1, 0.15) is 0 Å². The second-order valence-electron chi connectivity index (χ2n) is 5.98. The van der Waals surface area contributed by atoms with Gasteiger partial charge < -0.3 is 4.74 Å². The molecule has 0 bridgehead atoms. The van der Waals surface area contributed by atoms with E-state index in [-0.39, 0.29) is 22.6 Å². The van der Waals surface area contributed by atoms with E-state index in [1.54, 1.807) is 0 Å². The molecule has 0 saturated heterocycles. The van der Waals surface area contributed by atoms with Crippen molar-refractivity contribution in [2.75, 3.05) is 6.61 Å². The molecule has 25 heavy (non-hydrogen) atoms. The number of Topliss-reactive ketones (excluding diaryl/α,β-unsaturated/α-hetero) is 1. The Morgan fingerprint density at radius 3 is 2.24 bits per heavy atom. The number of ether oxygens (including phenoxy) is 1. The average molecular weight is 341 g/mol. The lowest BCUT2D eigenvalue weighted by atomic mass is 9.97. The number of hydrogen-bond donors (Lipinski definition) is 0. The minimum absolute atomic E-state index is 0.0827. The summed E-state index contributed by atoms with van der Waals surface area (Å²) in [6.45, 7) is 6.68. The molecular formula is C19H19NO5. The minimum atomic E-state index is -0.753. The van der Waals surface area contributed by atoms with Crippen molar-refractivity contribution in [2.45, 2.75) is 27.7 Å². The fourth-order valence-electron chi connectivity index (χ4n) is 2.94. The third-order valence-electron chi connectivity index (χ3n) is 4.01. The summed E-state index contributed by atoms with van der Waals surface area (Å²) >= 11 is 0. The number of ketones is 1. The van der Waals surface area contributed by atoms with Crippen molar-refractivity contribution >= 4 is 17.4 Å². The van der Waals surface area contributed by atoms with Gasteiger partial charge in [-0.2, -0.15) is 0 Å².